The third-order valence-electron chi connectivity index (χ3n) is 1.38. The number of para-hydroxylation sites is 1. The fourth-order valence-corrected chi connectivity index (χ4v) is 0.863. The maximum atomic E-state index is 11.8. The number of rotatable bonds is 4. The predicted octanol–water partition coefficient (Wildman–Crippen LogP) is 3.27. The van der Waals surface area contributed by atoms with Crippen LogP contribution < -0.4 is 4.74 Å². The molecule has 14 heavy (non-hydrogen) atoms. The molecule has 0 saturated heterocycles. The molecule has 6 heteroatoms. The Balaban J connectivity index is 2.79. The molecule has 0 aliphatic heterocycles. The first-order chi connectivity index (χ1) is 6.74. The molecule has 0 saturated carbocycles. The molecule has 1 aromatic rings. The van der Waals surface area contributed by atoms with E-state index in [2.05, 4.69) is 10.0 Å². The summed E-state index contributed by atoms with van der Waals surface area (Å²) in [7, 11) is 0. The van der Waals surface area contributed by atoms with E-state index in [9.17, 15) is 8.78 Å². The van der Waals surface area contributed by atoms with Crippen LogP contribution in [-0.2, 0) is 0 Å². The van der Waals surface area contributed by atoms with Crippen LogP contribution in [0.2, 0.25) is 0 Å². The van der Waals surface area contributed by atoms with Crippen molar-refractivity contribution >= 4 is 5.69 Å². The van der Waals surface area contributed by atoms with Crippen LogP contribution in [0.15, 0.2) is 29.4 Å². The van der Waals surface area contributed by atoms with Crippen LogP contribution in [0.1, 0.15) is 0 Å². The summed E-state index contributed by atoms with van der Waals surface area (Å²) in [6.45, 7) is -0.710. The third-order valence-corrected chi connectivity index (χ3v) is 1.38. The number of hydrogen-bond donors (Lipinski definition) is 0. The second-order valence-corrected chi connectivity index (χ2v) is 2.36. The van der Waals surface area contributed by atoms with Gasteiger partial charge >= 0.3 is 0 Å². The van der Waals surface area contributed by atoms with Gasteiger partial charge in [-0.05, 0) is 17.7 Å². The zero-order valence-electron chi connectivity index (χ0n) is 7.10. The van der Waals surface area contributed by atoms with Gasteiger partial charge in [0.1, 0.15) is 12.4 Å². The Labute approximate surface area is 78.7 Å². The smallest absolute Gasteiger partial charge is 0.272 e. The lowest BCUT2D eigenvalue weighted by molar-refractivity contribution is 0.0822. The highest BCUT2D eigenvalue weighted by atomic mass is 19.3. The molecule has 1 aromatic carbocycles. The van der Waals surface area contributed by atoms with E-state index in [1.54, 1.807) is 12.1 Å². The normalized spacial score (nSPS) is 9.64. The molecule has 0 unspecified atom stereocenters. The van der Waals surface area contributed by atoms with Gasteiger partial charge in [0.25, 0.3) is 6.43 Å². The van der Waals surface area contributed by atoms with Crippen LogP contribution >= 0.6 is 0 Å². The molecule has 0 aliphatic rings. The van der Waals surface area contributed by atoms with Crippen molar-refractivity contribution in [2.45, 2.75) is 6.43 Å². The van der Waals surface area contributed by atoms with Crippen LogP contribution in [0.5, 0.6) is 5.75 Å². The Morgan fingerprint density at radius 3 is 2.79 bits per heavy atom. The molecule has 4 nitrogen and oxygen atoms in total. The summed E-state index contributed by atoms with van der Waals surface area (Å²) in [6.07, 6.45) is -2.55. The minimum atomic E-state index is -2.55. The van der Waals surface area contributed by atoms with Crippen molar-refractivity contribution < 1.29 is 13.5 Å². The zero-order valence-corrected chi connectivity index (χ0v) is 7.10. The first-order valence-electron chi connectivity index (χ1n) is 3.79. The van der Waals surface area contributed by atoms with Gasteiger partial charge < -0.3 is 4.74 Å². The predicted molar refractivity (Wildman–Crippen MR) is 46.7 cm³/mol. The van der Waals surface area contributed by atoms with Crippen molar-refractivity contribution in [1.29, 1.82) is 0 Å². The maximum absolute atomic E-state index is 11.8. The highest BCUT2D eigenvalue weighted by Crippen LogP contribution is 2.27. The van der Waals surface area contributed by atoms with Gasteiger partial charge in [-0.3, -0.25) is 0 Å². The van der Waals surface area contributed by atoms with Crippen LogP contribution in [0.4, 0.5) is 14.5 Å². The fraction of sp³-hybridized carbons (Fsp3) is 0.250. The van der Waals surface area contributed by atoms with E-state index in [4.69, 9.17) is 10.3 Å². The number of ether oxygens (including phenoxy) is 1. The van der Waals surface area contributed by atoms with Crippen molar-refractivity contribution in [2.24, 2.45) is 5.11 Å². The average molecular weight is 199 g/mol. The quantitative estimate of drug-likeness (QED) is 0.417. The molecule has 0 bridgehead atoms. The number of hydrogen-bond acceptors (Lipinski definition) is 2. The van der Waals surface area contributed by atoms with Gasteiger partial charge in [0.05, 0.1) is 5.69 Å². The molecule has 0 amide bonds. The molecule has 0 N–H and O–H groups in total. The first-order valence-corrected chi connectivity index (χ1v) is 3.79. The third kappa shape index (κ3) is 2.91. The van der Waals surface area contributed by atoms with E-state index < -0.39 is 13.0 Å². The lowest BCUT2D eigenvalue weighted by Gasteiger charge is -2.06. The summed E-state index contributed by atoms with van der Waals surface area (Å²) in [5.41, 5.74) is 8.38. The second kappa shape index (κ2) is 5.04. The van der Waals surface area contributed by atoms with Crippen LogP contribution in [0, 0.1) is 0 Å². The summed E-state index contributed by atoms with van der Waals surface area (Å²) in [6, 6.07) is 6.18. The molecule has 0 radical (unpaired) electrons. The van der Waals surface area contributed by atoms with E-state index in [1.807, 2.05) is 0 Å². The summed E-state index contributed by atoms with van der Waals surface area (Å²) in [5, 5.41) is 3.30. The number of halogens is 2. The molecule has 0 fully saturated rings. The monoisotopic (exact) mass is 199 g/mol. The van der Waals surface area contributed by atoms with E-state index in [0.717, 1.165) is 0 Å². The molecule has 0 aliphatic carbocycles. The zero-order chi connectivity index (χ0) is 10.4. The van der Waals surface area contributed by atoms with Crippen LogP contribution in [-0.4, -0.2) is 13.0 Å². The van der Waals surface area contributed by atoms with Crippen LogP contribution in [0.25, 0.3) is 10.4 Å². The first kappa shape index (κ1) is 10.3. The Kier molecular flexibility index (Phi) is 3.69. The Hall–Kier alpha value is -1.81. The number of nitrogens with zero attached hydrogens (tertiary/aromatic N) is 3. The van der Waals surface area contributed by atoms with E-state index in [1.165, 1.54) is 12.1 Å². The molecule has 0 aromatic heterocycles. The Bertz CT molecular complexity index is 350. The molecule has 74 valence electrons. The fourth-order valence-electron chi connectivity index (χ4n) is 0.863. The van der Waals surface area contributed by atoms with Crippen molar-refractivity contribution in [3.63, 3.8) is 0 Å². The lowest BCUT2D eigenvalue weighted by Crippen LogP contribution is -2.06. The highest BCUT2D eigenvalue weighted by molar-refractivity contribution is 5.51. The highest BCUT2D eigenvalue weighted by Gasteiger charge is 2.05. The number of alkyl halides is 2. The summed E-state index contributed by atoms with van der Waals surface area (Å²) < 4.78 is 28.4. The van der Waals surface area contributed by atoms with Crippen molar-refractivity contribution in [2.75, 3.05) is 6.61 Å². The Morgan fingerprint density at radius 1 is 1.43 bits per heavy atom. The van der Waals surface area contributed by atoms with Crippen molar-refractivity contribution in [3.05, 3.63) is 34.7 Å². The number of benzene rings is 1. The van der Waals surface area contributed by atoms with Crippen molar-refractivity contribution in [1.82, 2.24) is 0 Å². The lowest BCUT2D eigenvalue weighted by atomic mass is 10.3. The summed E-state index contributed by atoms with van der Waals surface area (Å²) >= 11 is 0. The standard InChI is InChI=1S/C8H7F2N3O/c9-8(10)5-14-7-4-2-1-3-6(7)12-13-11/h1-4,8H,5H2. The van der Waals surface area contributed by atoms with Gasteiger partial charge in [-0.15, -0.1) is 0 Å². The molecule has 0 heterocycles. The van der Waals surface area contributed by atoms with E-state index in [-0.39, 0.29) is 11.4 Å². The molecule has 1 rings (SSSR count). The van der Waals surface area contributed by atoms with Gasteiger partial charge in [0.2, 0.25) is 0 Å². The maximum Gasteiger partial charge on any atom is 0.272 e. The average Bonchev–Trinajstić information content (AvgIpc) is 2.17. The van der Waals surface area contributed by atoms with E-state index in [0.29, 0.717) is 0 Å². The molecular formula is C8H7F2N3O. The Morgan fingerprint density at radius 2 is 2.14 bits per heavy atom. The van der Waals surface area contributed by atoms with Gasteiger partial charge in [0, 0.05) is 4.91 Å². The van der Waals surface area contributed by atoms with E-state index >= 15 is 0 Å². The minimum Gasteiger partial charge on any atom is -0.487 e. The minimum absolute atomic E-state index is 0.158. The molecule has 0 spiro atoms. The second-order valence-electron chi connectivity index (χ2n) is 2.36. The largest absolute Gasteiger partial charge is 0.487 e. The number of azide groups is 1. The SMILES string of the molecule is [N-]=[N+]=Nc1ccccc1OCC(F)F. The van der Waals surface area contributed by atoms with Gasteiger partial charge in [-0.25, -0.2) is 8.78 Å². The van der Waals surface area contributed by atoms with Crippen molar-refractivity contribution in [3.8, 4) is 5.75 Å². The summed E-state index contributed by atoms with van der Waals surface area (Å²) in [4.78, 5) is 2.55. The van der Waals surface area contributed by atoms with Crippen LogP contribution in [0.3, 0.4) is 0 Å². The van der Waals surface area contributed by atoms with Gasteiger partial charge in [0.15, 0.2) is 0 Å². The van der Waals surface area contributed by atoms with Gasteiger partial charge in [-0.2, -0.15) is 0 Å². The topological polar surface area (TPSA) is 58.0 Å². The van der Waals surface area contributed by atoms with Gasteiger partial charge in [-0.1, -0.05) is 17.2 Å². The molecule has 0 atom stereocenters. The molecular weight excluding hydrogens is 192 g/mol. The summed E-state index contributed by atoms with van der Waals surface area (Å²) in [5.74, 6) is 0.158.